The fourth-order valence-electron chi connectivity index (χ4n) is 2.29. The Kier molecular flexibility index (Phi) is 5.37. The second-order valence-corrected chi connectivity index (χ2v) is 8.41. The number of carbonyl (C=O) groups excluding carboxylic acids is 1. The monoisotopic (exact) mass is 331 g/mol. The summed E-state index contributed by atoms with van der Waals surface area (Å²) < 4.78 is 27.2. The minimum Gasteiger partial charge on any atom is -0.356 e. The van der Waals surface area contributed by atoms with Crippen molar-refractivity contribution >= 4 is 27.3 Å². The summed E-state index contributed by atoms with van der Waals surface area (Å²) in [5.74, 6) is -0.0750. The van der Waals surface area contributed by atoms with Gasteiger partial charge in [0, 0.05) is 44.0 Å². The predicted octanol–water partition coefficient (Wildman–Crippen LogP) is 0.409. The minimum absolute atomic E-state index is 0.0336. The van der Waals surface area contributed by atoms with Crippen LogP contribution in [0.2, 0.25) is 0 Å². The van der Waals surface area contributed by atoms with Gasteiger partial charge < -0.3 is 10.6 Å². The Morgan fingerprint density at radius 1 is 1.52 bits per heavy atom. The van der Waals surface area contributed by atoms with Gasteiger partial charge in [-0.05, 0) is 25.5 Å². The number of thiophene rings is 1. The van der Waals surface area contributed by atoms with Crippen molar-refractivity contribution in [3.05, 3.63) is 17.0 Å². The summed E-state index contributed by atoms with van der Waals surface area (Å²) in [4.78, 5) is 11.8. The fraction of sp³-hybridized carbons (Fsp3) is 0.615. The van der Waals surface area contributed by atoms with Gasteiger partial charge in [-0.2, -0.15) is 4.31 Å². The number of nitrogens with zero attached hydrogens (tertiary/aromatic N) is 1. The van der Waals surface area contributed by atoms with E-state index in [2.05, 4.69) is 10.6 Å². The molecule has 1 aromatic heterocycles. The predicted molar refractivity (Wildman–Crippen MR) is 82.9 cm³/mol. The highest BCUT2D eigenvalue weighted by Gasteiger charge is 2.31. The molecule has 118 valence electrons. The van der Waals surface area contributed by atoms with Gasteiger partial charge in [-0.25, -0.2) is 8.42 Å². The molecular weight excluding hydrogens is 310 g/mol. The zero-order chi connectivity index (χ0) is 15.5. The highest BCUT2D eigenvalue weighted by Crippen LogP contribution is 2.26. The summed E-state index contributed by atoms with van der Waals surface area (Å²) >= 11 is 1.29. The lowest BCUT2D eigenvalue weighted by atomic mass is 10.3. The number of rotatable bonds is 5. The Hall–Kier alpha value is -0.960. The van der Waals surface area contributed by atoms with Gasteiger partial charge in [0.15, 0.2) is 0 Å². The first-order valence-electron chi connectivity index (χ1n) is 6.97. The van der Waals surface area contributed by atoms with Gasteiger partial charge in [0.05, 0.1) is 0 Å². The summed E-state index contributed by atoms with van der Waals surface area (Å²) in [6.07, 6.45) is 0.650. The van der Waals surface area contributed by atoms with E-state index < -0.39 is 10.0 Å². The van der Waals surface area contributed by atoms with Gasteiger partial charge in [-0.3, -0.25) is 4.79 Å². The molecule has 1 atom stereocenters. The van der Waals surface area contributed by atoms with Crippen molar-refractivity contribution in [3.8, 4) is 0 Å². The summed E-state index contributed by atoms with van der Waals surface area (Å²) in [7, 11) is -3.41. The molecule has 2 heterocycles. The van der Waals surface area contributed by atoms with E-state index in [1.165, 1.54) is 18.3 Å². The van der Waals surface area contributed by atoms with E-state index in [1.807, 2.05) is 13.0 Å². The molecule has 1 fully saturated rings. The van der Waals surface area contributed by atoms with Crippen LogP contribution in [-0.2, 0) is 21.2 Å². The largest absolute Gasteiger partial charge is 0.356 e. The van der Waals surface area contributed by atoms with Crippen LogP contribution in [-0.4, -0.2) is 50.9 Å². The Morgan fingerprint density at radius 3 is 2.95 bits per heavy atom. The maximum absolute atomic E-state index is 12.6. The lowest BCUT2D eigenvalue weighted by Crippen LogP contribution is -2.51. The molecule has 0 unspecified atom stereocenters. The molecule has 0 aromatic carbocycles. The molecule has 1 aliphatic heterocycles. The van der Waals surface area contributed by atoms with E-state index in [9.17, 15) is 13.2 Å². The highest BCUT2D eigenvalue weighted by atomic mass is 32.2. The van der Waals surface area contributed by atoms with E-state index >= 15 is 0 Å². The van der Waals surface area contributed by atoms with Gasteiger partial charge in [-0.15, -0.1) is 11.3 Å². The molecule has 0 aliphatic carbocycles. The second kappa shape index (κ2) is 6.87. The average Bonchev–Trinajstić information content (AvgIpc) is 2.88. The summed E-state index contributed by atoms with van der Waals surface area (Å²) in [5, 5.41) is 5.90. The van der Waals surface area contributed by atoms with E-state index in [0.29, 0.717) is 36.8 Å². The van der Waals surface area contributed by atoms with E-state index in [1.54, 1.807) is 10.4 Å². The number of hydrogen-bond acceptors (Lipinski definition) is 5. The van der Waals surface area contributed by atoms with Crippen LogP contribution in [0.15, 0.2) is 16.3 Å². The van der Waals surface area contributed by atoms with Gasteiger partial charge in [0.25, 0.3) is 10.0 Å². The van der Waals surface area contributed by atoms with Crippen LogP contribution in [0, 0.1) is 0 Å². The number of piperazine rings is 1. The van der Waals surface area contributed by atoms with Crippen LogP contribution in [0.4, 0.5) is 0 Å². The lowest BCUT2D eigenvalue weighted by molar-refractivity contribution is -0.118. The Morgan fingerprint density at radius 2 is 2.29 bits per heavy atom. The standard InChI is InChI=1S/C13H21N3O3S2/c1-10-9-14-7-8-16(10)21(18,19)13-4-3-12(20-13)5-6-15-11(2)17/h3-4,10,14H,5-9H2,1-2H3,(H,15,17)/t10-/m0/s1. The first-order chi connectivity index (χ1) is 9.91. The van der Waals surface area contributed by atoms with E-state index in [-0.39, 0.29) is 11.9 Å². The lowest BCUT2D eigenvalue weighted by Gasteiger charge is -2.32. The molecule has 1 aromatic rings. The van der Waals surface area contributed by atoms with Crippen LogP contribution in [0.3, 0.4) is 0 Å². The van der Waals surface area contributed by atoms with Crippen molar-refractivity contribution in [1.82, 2.24) is 14.9 Å². The van der Waals surface area contributed by atoms with Crippen molar-refractivity contribution < 1.29 is 13.2 Å². The number of sulfonamides is 1. The molecule has 1 amide bonds. The van der Waals surface area contributed by atoms with Gasteiger partial charge >= 0.3 is 0 Å². The zero-order valence-corrected chi connectivity index (χ0v) is 13.9. The number of amides is 1. The van der Waals surface area contributed by atoms with Crippen molar-refractivity contribution in [2.75, 3.05) is 26.2 Å². The number of carbonyl (C=O) groups is 1. The normalized spacial score (nSPS) is 20.4. The molecule has 0 radical (unpaired) electrons. The first kappa shape index (κ1) is 16.4. The van der Waals surface area contributed by atoms with Crippen molar-refractivity contribution in [3.63, 3.8) is 0 Å². The van der Waals surface area contributed by atoms with E-state index in [4.69, 9.17) is 0 Å². The quantitative estimate of drug-likeness (QED) is 0.819. The molecule has 1 saturated heterocycles. The zero-order valence-electron chi connectivity index (χ0n) is 12.3. The second-order valence-electron chi connectivity index (χ2n) is 5.12. The summed E-state index contributed by atoms with van der Waals surface area (Å²) in [5.41, 5.74) is 0. The summed E-state index contributed by atoms with van der Waals surface area (Å²) in [6.45, 7) is 5.78. The average molecular weight is 331 g/mol. The molecule has 6 nitrogen and oxygen atoms in total. The highest BCUT2D eigenvalue weighted by molar-refractivity contribution is 7.91. The Bertz CT molecular complexity index is 598. The third kappa shape index (κ3) is 4.03. The van der Waals surface area contributed by atoms with Crippen LogP contribution >= 0.6 is 11.3 Å². The number of hydrogen-bond donors (Lipinski definition) is 2. The minimum atomic E-state index is -3.41. The molecule has 8 heteroatoms. The Balaban J connectivity index is 2.06. The van der Waals surface area contributed by atoms with Gasteiger partial charge in [-0.1, -0.05) is 0 Å². The molecular formula is C13H21N3O3S2. The van der Waals surface area contributed by atoms with Crippen molar-refractivity contribution in [2.45, 2.75) is 30.5 Å². The van der Waals surface area contributed by atoms with Crippen LogP contribution in [0.5, 0.6) is 0 Å². The molecule has 21 heavy (non-hydrogen) atoms. The van der Waals surface area contributed by atoms with Gasteiger partial charge in [0.1, 0.15) is 4.21 Å². The molecule has 0 bridgehead atoms. The van der Waals surface area contributed by atoms with Crippen LogP contribution in [0.25, 0.3) is 0 Å². The maximum atomic E-state index is 12.6. The van der Waals surface area contributed by atoms with Crippen LogP contribution < -0.4 is 10.6 Å². The third-order valence-electron chi connectivity index (χ3n) is 3.39. The SMILES string of the molecule is CC(=O)NCCc1ccc(S(=O)(=O)N2CCNC[C@@H]2C)s1. The maximum Gasteiger partial charge on any atom is 0.252 e. The first-order valence-corrected chi connectivity index (χ1v) is 9.22. The molecule has 2 N–H and O–H groups in total. The summed E-state index contributed by atoms with van der Waals surface area (Å²) in [6, 6.07) is 3.46. The topological polar surface area (TPSA) is 78.5 Å². The molecule has 0 spiro atoms. The van der Waals surface area contributed by atoms with Gasteiger partial charge in [0.2, 0.25) is 5.91 Å². The van der Waals surface area contributed by atoms with Crippen LogP contribution in [0.1, 0.15) is 18.7 Å². The smallest absolute Gasteiger partial charge is 0.252 e. The third-order valence-corrected chi connectivity index (χ3v) is 7.01. The van der Waals surface area contributed by atoms with Crippen molar-refractivity contribution in [2.24, 2.45) is 0 Å². The number of nitrogens with one attached hydrogen (secondary N) is 2. The van der Waals surface area contributed by atoms with E-state index in [0.717, 1.165) is 4.88 Å². The Labute approximate surface area is 129 Å². The van der Waals surface area contributed by atoms with Crippen molar-refractivity contribution in [1.29, 1.82) is 0 Å². The molecule has 0 saturated carbocycles. The fourth-order valence-corrected chi connectivity index (χ4v) is 5.40. The molecule has 1 aliphatic rings. The molecule has 2 rings (SSSR count).